The molecule has 2 aromatic rings. The maximum atomic E-state index is 13.2. The summed E-state index contributed by atoms with van der Waals surface area (Å²) in [7, 11) is 0. The minimum absolute atomic E-state index is 0.0171. The van der Waals surface area contributed by atoms with E-state index in [2.05, 4.69) is 22.5 Å². The third-order valence-electron chi connectivity index (χ3n) is 5.29. The summed E-state index contributed by atoms with van der Waals surface area (Å²) in [6.07, 6.45) is 4.21. The predicted molar refractivity (Wildman–Crippen MR) is 99.0 cm³/mol. The molecule has 0 spiro atoms. The largest absolute Gasteiger partial charge is 0.374 e. The smallest absolute Gasteiger partial charge is 0.275 e. The first-order chi connectivity index (χ1) is 12.7. The molecule has 26 heavy (non-hydrogen) atoms. The molecule has 2 saturated heterocycles. The van der Waals surface area contributed by atoms with Crippen molar-refractivity contribution in [1.82, 2.24) is 20.0 Å². The van der Waals surface area contributed by atoms with Crippen molar-refractivity contribution in [2.45, 2.75) is 38.0 Å². The predicted octanol–water partition coefficient (Wildman–Crippen LogP) is 2.41. The van der Waals surface area contributed by atoms with Gasteiger partial charge in [-0.1, -0.05) is 30.3 Å². The molecule has 2 fully saturated rings. The zero-order valence-corrected chi connectivity index (χ0v) is 15.2. The van der Waals surface area contributed by atoms with Gasteiger partial charge in [0.2, 0.25) is 0 Å². The molecule has 1 N–H and O–H groups in total. The highest BCUT2D eigenvalue weighted by Gasteiger charge is 2.33. The van der Waals surface area contributed by atoms with Gasteiger partial charge < -0.3 is 15.0 Å². The van der Waals surface area contributed by atoms with Gasteiger partial charge in [0.1, 0.15) is 5.69 Å². The van der Waals surface area contributed by atoms with Gasteiger partial charge in [-0.3, -0.25) is 9.48 Å². The van der Waals surface area contributed by atoms with Crippen LogP contribution in [0.15, 0.2) is 42.6 Å². The molecule has 1 aromatic carbocycles. The van der Waals surface area contributed by atoms with Crippen LogP contribution in [0.5, 0.6) is 0 Å². The molecule has 2 aliphatic rings. The number of amides is 1. The van der Waals surface area contributed by atoms with Crippen LogP contribution in [0.25, 0.3) is 0 Å². The highest BCUT2D eigenvalue weighted by molar-refractivity contribution is 5.92. The monoisotopic (exact) mass is 354 g/mol. The Kier molecular flexibility index (Phi) is 5.04. The van der Waals surface area contributed by atoms with Crippen LogP contribution in [-0.4, -0.2) is 52.9 Å². The normalized spacial score (nSPS) is 26.7. The van der Waals surface area contributed by atoms with Crippen LogP contribution in [0.1, 0.15) is 47.9 Å². The van der Waals surface area contributed by atoms with E-state index in [0.717, 1.165) is 31.5 Å². The Balaban J connectivity index is 1.55. The molecule has 0 saturated carbocycles. The molecule has 0 bridgehead atoms. The first kappa shape index (κ1) is 17.2. The first-order valence-corrected chi connectivity index (χ1v) is 9.46. The Morgan fingerprint density at radius 2 is 2.12 bits per heavy atom. The van der Waals surface area contributed by atoms with Crippen molar-refractivity contribution in [2.75, 3.05) is 26.2 Å². The summed E-state index contributed by atoms with van der Waals surface area (Å²) in [6, 6.07) is 12.2. The van der Waals surface area contributed by atoms with Gasteiger partial charge in [0.15, 0.2) is 0 Å². The van der Waals surface area contributed by atoms with E-state index in [4.69, 9.17) is 4.74 Å². The van der Waals surface area contributed by atoms with Gasteiger partial charge in [-0.2, -0.15) is 5.10 Å². The van der Waals surface area contributed by atoms with Crippen LogP contribution in [0.4, 0.5) is 0 Å². The summed E-state index contributed by atoms with van der Waals surface area (Å²) in [4.78, 5) is 15.1. The van der Waals surface area contributed by atoms with Gasteiger partial charge >= 0.3 is 0 Å². The van der Waals surface area contributed by atoms with Gasteiger partial charge in [0.25, 0.3) is 5.91 Å². The van der Waals surface area contributed by atoms with Crippen molar-refractivity contribution in [3.63, 3.8) is 0 Å². The number of nitrogens with zero attached hydrogens (tertiary/aromatic N) is 3. The van der Waals surface area contributed by atoms with Crippen molar-refractivity contribution < 1.29 is 9.53 Å². The van der Waals surface area contributed by atoms with E-state index in [1.807, 2.05) is 47.0 Å². The number of morpholine rings is 1. The Bertz CT molecular complexity index is 739. The third-order valence-corrected chi connectivity index (χ3v) is 5.29. The molecule has 2 aliphatic heterocycles. The number of hydrogen-bond acceptors (Lipinski definition) is 4. The number of ether oxygens (including phenoxy) is 1. The van der Waals surface area contributed by atoms with Crippen LogP contribution in [0.3, 0.4) is 0 Å². The van der Waals surface area contributed by atoms with Gasteiger partial charge in [-0.05, 0) is 37.9 Å². The van der Waals surface area contributed by atoms with Crippen molar-refractivity contribution in [1.29, 1.82) is 0 Å². The van der Waals surface area contributed by atoms with Crippen molar-refractivity contribution in [2.24, 2.45) is 0 Å². The van der Waals surface area contributed by atoms with E-state index >= 15 is 0 Å². The maximum Gasteiger partial charge on any atom is 0.275 e. The van der Waals surface area contributed by atoms with E-state index in [-0.39, 0.29) is 18.1 Å². The molecule has 6 nitrogen and oxygen atoms in total. The first-order valence-electron chi connectivity index (χ1n) is 9.46. The number of aromatic nitrogens is 2. The highest BCUT2D eigenvalue weighted by Crippen LogP contribution is 2.28. The molecule has 0 radical (unpaired) electrons. The lowest BCUT2D eigenvalue weighted by molar-refractivity contribution is -0.0449. The van der Waals surface area contributed by atoms with Crippen LogP contribution in [0.2, 0.25) is 0 Å². The molecule has 0 aliphatic carbocycles. The van der Waals surface area contributed by atoms with E-state index in [1.165, 1.54) is 0 Å². The number of hydrogen-bond donors (Lipinski definition) is 1. The second kappa shape index (κ2) is 7.60. The quantitative estimate of drug-likeness (QED) is 0.920. The topological polar surface area (TPSA) is 59.4 Å². The Morgan fingerprint density at radius 3 is 2.88 bits per heavy atom. The SMILES string of the molecule is CC1CN(C(=O)c2ccn(C3CCCNC3)n2)C(c2ccccc2)CO1. The van der Waals surface area contributed by atoms with Crippen molar-refractivity contribution >= 4 is 5.91 Å². The molecular formula is C20H26N4O2. The third kappa shape index (κ3) is 3.52. The summed E-state index contributed by atoms with van der Waals surface area (Å²) >= 11 is 0. The summed E-state index contributed by atoms with van der Waals surface area (Å²) in [5.41, 5.74) is 1.62. The van der Waals surface area contributed by atoms with Gasteiger partial charge in [0, 0.05) is 19.3 Å². The standard InChI is InChI=1S/C20H26N4O2/c1-15-13-23(19(14-26-15)16-6-3-2-4-7-16)20(25)18-9-11-24(22-18)17-8-5-10-21-12-17/h2-4,6-7,9,11,15,17,19,21H,5,8,10,12-14H2,1H3. The summed E-state index contributed by atoms with van der Waals surface area (Å²) in [6.45, 7) is 5.08. The fourth-order valence-electron chi connectivity index (χ4n) is 3.84. The van der Waals surface area contributed by atoms with E-state index in [1.54, 1.807) is 0 Å². The number of benzene rings is 1. The molecule has 1 amide bonds. The minimum atomic E-state index is -0.0682. The van der Waals surface area contributed by atoms with Gasteiger partial charge in [-0.15, -0.1) is 0 Å². The average molecular weight is 354 g/mol. The summed E-state index contributed by atoms with van der Waals surface area (Å²) in [5, 5.41) is 8.00. The van der Waals surface area contributed by atoms with Crippen molar-refractivity contribution in [3.8, 4) is 0 Å². The Morgan fingerprint density at radius 1 is 1.27 bits per heavy atom. The van der Waals surface area contributed by atoms with Gasteiger partial charge in [-0.25, -0.2) is 0 Å². The molecule has 1 aromatic heterocycles. The number of rotatable bonds is 3. The second-order valence-electron chi connectivity index (χ2n) is 7.21. The molecule has 3 heterocycles. The van der Waals surface area contributed by atoms with Crippen LogP contribution < -0.4 is 5.32 Å². The fraction of sp³-hybridized carbons (Fsp3) is 0.500. The molecule has 3 unspecified atom stereocenters. The zero-order chi connectivity index (χ0) is 17.9. The second-order valence-corrected chi connectivity index (χ2v) is 7.21. The Hall–Kier alpha value is -2.18. The Labute approximate surface area is 154 Å². The molecular weight excluding hydrogens is 328 g/mol. The lowest BCUT2D eigenvalue weighted by Gasteiger charge is -2.38. The summed E-state index contributed by atoms with van der Waals surface area (Å²) < 4.78 is 7.78. The summed E-state index contributed by atoms with van der Waals surface area (Å²) in [5.74, 6) is -0.0171. The lowest BCUT2D eigenvalue weighted by Crippen LogP contribution is -2.47. The average Bonchev–Trinajstić information content (AvgIpc) is 3.19. The highest BCUT2D eigenvalue weighted by atomic mass is 16.5. The number of carbonyl (C=O) groups excluding carboxylic acids is 1. The van der Waals surface area contributed by atoms with Gasteiger partial charge in [0.05, 0.1) is 24.8 Å². The zero-order valence-electron chi connectivity index (χ0n) is 15.2. The van der Waals surface area contributed by atoms with Crippen LogP contribution >= 0.6 is 0 Å². The van der Waals surface area contributed by atoms with E-state index in [9.17, 15) is 4.79 Å². The van der Waals surface area contributed by atoms with Crippen molar-refractivity contribution in [3.05, 3.63) is 53.9 Å². The lowest BCUT2D eigenvalue weighted by atomic mass is 10.0. The molecule has 4 rings (SSSR count). The van der Waals surface area contributed by atoms with Crippen LogP contribution in [-0.2, 0) is 4.74 Å². The number of carbonyl (C=O) groups is 1. The van der Waals surface area contributed by atoms with Crippen LogP contribution in [0, 0.1) is 0 Å². The maximum absolute atomic E-state index is 13.2. The molecule has 3 atom stereocenters. The molecule has 6 heteroatoms. The number of nitrogens with one attached hydrogen (secondary N) is 1. The molecule has 138 valence electrons. The van der Waals surface area contributed by atoms with E-state index < -0.39 is 0 Å². The minimum Gasteiger partial charge on any atom is -0.374 e. The fourth-order valence-corrected chi connectivity index (χ4v) is 3.84. The number of piperidine rings is 1. The van der Waals surface area contributed by atoms with E-state index in [0.29, 0.717) is 24.9 Å².